The van der Waals surface area contributed by atoms with Crippen LogP contribution in [0.2, 0.25) is 0 Å². The fraction of sp³-hybridized carbons (Fsp3) is 0.759. The van der Waals surface area contributed by atoms with Crippen molar-refractivity contribution >= 4 is 29.5 Å². The minimum absolute atomic E-state index is 0.00100. The molecule has 3 saturated heterocycles. The maximum absolute atomic E-state index is 14.5. The Kier molecular flexibility index (Phi) is 9.95. The second kappa shape index (κ2) is 12.4. The molecular formula is C29H47N3O4S. The molecule has 3 aliphatic heterocycles. The van der Waals surface area contributed by atoms with Crippen molar-refractivity contribution in [2.75, 3.05) is 26.2 Å². The Bertz CT molecular complexity index is 877. The second-order valence-corrected chi connectivity index (χ2v) is 12.6. The molecule has 208 valence electrons. The molecule has 8 heteroatoms. The molecule has 3 aliphatic rings. The van der Waals surface area contributed by atoms with Crippen molar-refractivity contribution in [1.82, 2.24) is 14.7 Å². The smallest absolute Gasteiger partial charge is 0.247 e. The molecule has 0 aromatic heterocycles. The van der Waals surface area contributed by atoms with Gasteiger partial charge in [-0.05, 0) is 38.5 Å². The van der Waals surface area contributed by atoms with E-state index in [4.69, 9.17) is 0 Å². The van der Waals surface area contributed by atoms with Crippen molar-refractivity contribution in [1.29, 1.82) is 0 Å². The lowest BCUT2D eigenvalue weighted by atomic mass is 9.65. The van der Waals surface area contributed by atoms with E-state index in [-0.39, 0.29) is 41.5 Å². The summed E-state index contributed by atoms with van der Waals surface area (Å²) in [6.07, 6.45) is 7.45. The van der Waals surface area contributed by atoms with E-state index in [2.05, 4.69) is 33.9 Å². The minimum atomic E-state index is -0.705. The predicted molar refractivity (Wildman–Crippen MR) is 150 cm³/mol. The zero-order chi connectivity index (χ0) is 27.5. The maximum Gasteiger partial charge on any atom is 0.247 e. The van der Waals surface area contributed by atoms with Crippen LogP contribution in [0.4, 0.5) is 0 Å². The highest BCUT2D eigenvalue weighted by Crippen LogP contribution is 2.69. The van der Waals surface area contributed by atoms with Gasteiger partial charge in [-0.3, -0.25) is 14.4 Å². The van der Waals surface area contributed by atoms with E-state index in [0.717, 1.165) is 25.7 Å². The molecule has 0 radical (unpaired) electrons. The number of carbonyl (C=O) groups is 3. The summed E-state index contributed by atoms with van der Waals surface area (Å²) in [5, 5.41) is 10.3. The molecule has 3 fully saturated rings. The molecule has 0 aliphatic carbocycles. The fourth-order valence-corrected chi connectivity index (χ4v) is 9.51. The van der Waals surface area contributed by atoms with E-state index in [9.17, 15) is 19.5 Å². The molecule has 3 heterocycles. The number of aliphatic hydroxyl groups is 1. The SMILES string of the molecule is C=CCN(CCC)C(=O)[C@@H]1[C@H]2C(=O)N([C@@H](CC)CO)C(C(=O)N(CC=C)C(C)CCC)C23S[C@@H]1CC3C. The first-order chi connectivity index (χ1) is 17.7. The second-order valence-electron chi connectivity index (χ2n) is 11.0. The molecule has 7 nitrogen and oxygen atoms in total. The van der Waals surface area contributed by atoms with Crippen LogP contribution in [0.3, 0.4) is 0 Å². The van der Waals surface area contributed by atoms with Crippen LogP contribution in [0.1, 0.15) is 66.7 Å². The normalized spacial score (nSPS) is 31.7. The van der Waals surface area contributed by atoms with Gasteiger partial charge in [-0.1, -0.05) is 46.3 Å². The summed E-state index contributed by atoms with van der Waals surface area (Å²) in [6.45, 7) is 19.3. The molecule has 4 unspecified atom stereocenters. The lowest BCUT2D eigenvalue weighted by Gasteiger charge is -2.43. The number of hydrogen-bond donors (Lipinski definition) is 1. The molecule has 37 heavy (non-hydrogen) atoms. The van der Waals surface area contributed by atoms with Gasteiger partial charge in [0.25, 0.3) is 0 Å². The van der Waals surface area contributed by atoms with Crippen LogP contribution in [-0.2, 0) is 14.4 Å². The fourth-order valence-electron chi connectivity index (χ4n) is 7.11. The molecule has 0 aromatic carbocycles. The van der Waals surface area contributed by atoms with E-state index in [1.807, 2.05) is 23.6 Å². The summed E-state index contributed by atoms with van der Waals surface area (Å²) in [4.78, 5) is 48.2. The van der Waals surface area contributed by atoms with E-state index in [1.54, 1.807) is 28.8 Å². The summed E-state index contributed by atoms with van der Waals surface area (Å²) in [6, 6.07) is -1.17. The highest BCUT2D eigenvalue weighted by Gasteiger charge is 2.77. The first kappa shape index (κ1) is 29.8. The Morgan fingerprint density at radius 3 is 2.41 bits per heavy atom. The standard InChI is InChI=1S/C29H47N3O4S/c1-8-13-20(7)31(16-11-4)28(36)25-29-19(6)17-22(37-29)23(26(34)30(14-9-2)15-10-3)24(29)27(35)32(25)21(12-5)18-33/h9,11,19-25,33H,2,4,8,10,12-18H2,1,3,5-7H3/t19?,20?,21-,22+,23-,24-,25?,29?/m0/s1. The third-order valence-electron chi connectivity index (χ3n) is 8.78. The van der Waals surface area contributed by atoms with Gasteiger partial charge in [0.15, 0.2) is 0 Å². The van der Waals surface area contributed by atoms with Crippen molar-refractivity contribution in [3.63, 3.8) is 0 Å². The molecule has 3 rings (SSSR count). The average Bonchev–Trinajstić information content (AvgIpc) is 3.46. The predicted octanol–water partition coefficient (Wildman–Crippen LogP) is 3.72. The van der Waals surface area contributed by atoms with Gasteiger partial charge >= 0.3 is 0 Å². The van der Waals surface area contributed by atoms with Crippen LogP contribution in [0.5, 0.6) is 0 Å². The summed E-state index contributed by atoms with van der Waals surface area (Å²) in [5.74, 6) is -1.15. The van der Waals surface area contributed by atoms with Gasteiger partial charge < -0.3 is 19.8 Å². The molecule has 1 spiro atoms. The molecule has 8 atom stereocenters. The number of likely N-dealkylation sites (tertiary alicyclic amines) is 1. The molecule has 2 bridgehead atoms. The minimum Gasteiger partial charge on any atom is -0.394 e. The van der Waals surface area contributed by atoms with Crippen molar-refractivity contribution in [2.24, 2.45) is 17.8 Å². The summed E-state index contributed by atoms with van der Waals surface area (Å²) in [5.41, 5.74) is 0. The molecule has 1 N–H and O–H groups in total. The van der Waals surface area contributed by atoms with Gasteiger partial charge in [-0.2, -0.15) is 0 Å². The monoisotopic (exact) mass is 533 g/mol. The summed E-state index contributed by atoms with van der Waals surface area (Å²) >= 11 is 1.70. The maximum atomic E-state index is 14.5. The van der Waals surface area contributed by atoms with Gasteiger partial charge in [0.1, 0.15) is 6.04 Å². The Hall–Kier alpha value is -1.80. The molecule has 0 aromatic rings. The number of amides is 3. The number of hydrogen-bond acceptors (Lipinski definition) is 5. The van der Waals surface area contributed by atoms with E-state index in [0.29, 0.717) is 26.1 Å². The van der Waals surface area contributed by atoms with Crippen molar-refractivity contribution < 1.29 is 19.5 Å². The van der Waals surface area contributed by atoms with E-state index < -0.39 is 28.7 Å². The number of rotatable bonds is 14. The average molecular weight is 534 g/mol. The van der Waals surface area contributed by atoms with Crippen molar-refractivity contribution in [2.45, 2.75) is 94.8 Å². The first-order valence-electron chi connectivity index (χ1n) is 14.1. The van der Waals surface area contributed by atoms with Crippen LogP contribution in [-0.4, -0.2) is 91.9 Å². The zero-order valence-corrected chi connectivity index (χ0v) is 24.2. The Labute approximate surface area is 227 Å². The first-order valence-corrected chi connectivity index (χ1v) is 15.0. The Morgan fingerprint density at radius 1 is 1.19 bits per heavy atom. The van der Waals surface area contributed by atoms with Gasteiger partial charge in [-0.25, -0.2) is 0 Å². The summed E-state index contributed by atoms with van der Waals surface area (Å²) < 4.78 is -0.681. The van der Waals surface area contributed by atoms with Gasteiger partial charge in [0, 0.05) is 30.9 Å². The zero-order valence-electron chi connectivity index (χ0n) is 23.4. The number of fused-ring (bicyclic) bond motifs is 1. The molecular weight excluding hydrogens is 486 g/mol. The Balaban J connectivity index is 2.13. The van der Waals surface area contributed by atoms with Crippen LogP contribution in [0.15, 0.2) is 25.3 Å². The molecule has 3 amide bonds. The molecule has 0 saturated carbocycles. The van der Waals surface area contributed by atoms with Crippen LogP contribution in [0.25, 0.3) is 0 Å². The number of carbonyl (C=O) groups excluding carboxylic acids is 3. The van der Waals surface area contributed by atoms with Crippen molar-refractivity contribution in [3.8, 4) is 0 Å². The highest BCUT2D eigenvalue weighted by atomic mass is 32.2. The van der Waals surface area contributed by atoms with Crippen molar-refractivity contribution in [3.05, 3.63) is 25.3 Å². The van der Waals surface area contributed by atoms with Crippen LogP contribution in [0, 0.1) is 17.8 Å². The Morgan fingerprint density at radius 2 is 1.86 bits per heavy atom. The van der Waals surface area contributed by atoms with Gasteiger partial charge in [0.05, 0.1) is 29.2 Å². The van der Waals surface area contributed by atoms with E-state index in [1.165, 1.54) is 0 Å². The van der Waals surface area contributed by atoms with Gasteiger partial charge in [0.2, 0.25) is 17.7 Å². The highest BCUT2D eigenvalue weighted by molar-refractivity contribution is 8.02. The van der Waals surface area contributed by atoms with Gasteiger partial charge in [-0.15, -0.1) is 24.9 Å². The third-order valence-corrected chi connectivity index (χ3v) is 10.9. The van der Waals surface area contributed by atoms with Crippen LogP contribution < -0.4 is 0 Å². The lowest BCUT2D eigenvalue weighted by molar-refractivity contribution is -0.147. The topological polar surface area (TPSA) is 81.2 Å². The number of nitrogens with zero attached hydrogens (tertiary/aromatic N) is 3. The third kappa shape index (κ3) is 4.88. The largest absolute Gasteiger partial charge is 0.394 e. The number of thioether (sulfide) groups is 1. The summed E-state index contributed by atoms with van der Waals surface area (Å²) in [7, 11) is 0. The lowest BCUT2D eigenvalue weighted by Crippen LogP contribution is -2.60. The van der Waals surface area contributed by atoms with Crippen LogP contribution >= 0.6 is 11.8 Å². The quantitative estimate of drug-likeness (QED) is 0.344. The van der Waals surface area contributed by atoms with E-state index >= 15 is 0 Å². The number of aliphatic hydroxyl groups excluding tert-OH is 1.